The van der Waals surface area contributed by atoms with Crippen LogP contribution in [-0.2, 0) is 9.53 Å². The highest BCUT2D eigenvalue weighted by Crippen LogP contribution is 2.19. The summed E-state index contributed by atoms with van der Waals surface area (Å²) in [6.45, 7) is 0. The Morgan fingerprint density at radius 1 is 1.77 bits per heavy atom. The van der Waals surface area contributed by atoms with E-state index in [0.717, 1.165) is 0 Å². The largest absolute Gasteiger partial charge is 0.507 e. The van der Waals surface area contributed by atoms with Crippen LogP contribution in [0.15, 0.2) is 28.7 Å². The molecule has 0 aromatic rings. The molecule has 1 aliphatic rings. The zero-order chi connectivity index (χ0) is 9.84. The first-order valence-electron chi connectivity index (χ1n) is 3.71. The minimum absolute atomic E-state index is 0.0525. The number of hydrogen-bond donors (Lipinski definition) is 1. The second-order valence-corrected chi connectivity index (χ2v) is 2.58. The van der Waals surface area contributed by atoms with E-state index >= 15 is 0 Å². The first-order chi connectivity index (χ1) is 6.19. The van der Waals surface area contributed by atoms with E-state index in [-0.39, 0.29) is 17.4 Å². The molecule has 0 radical (unpaired) electrons. The van der Waals surface area contributed by atoms with E-state index in [1.54, 1.807) is 0 Å². The summed E-state index contributed by atoms with van der Waals surface area (Å²) < 4.78 is 4.92. The van der Waals surface area contributed by atoms with Crippen LogP contribution < -0.4 is 0 Å². The van der Waals surface area contributed by atoms with Crippen LogP contribution >= 0.6 is 0 Å². The van der Waals surface area contributed by atoms with Gasteiger partial charge in [0.1, 0.15) is 5.76 Å². The number of aliphatic hydroxyl groups excluding tert-OH is 1. The summed E-state index contributed by atoms with van der Waals surface area (Å²) in [7, 11) is 1.49. The van der Waals surface area contributed by atoms with Crippen LogP contribution in [0.4, 0.5) is 0 Å². The molecule has 1 atom stereocenters. The van der Waals surface area contributed by atoms with Crippen LogP contribution in [0.3, 0.4) is 0 Å². The molecule has 5 heteroatoms. The van der Waals surface area contributed by atoms with Gasteiger partial charge in [-0.05, 0) is 12.5 Å². The molecule has 0 aromatic heterocycles. The lowest BCUT2D eigenvalue weighted by molar-refractivity contribution is -0.114. The molecule has 1 aliphatic carbocycles. The van der Waals surface area contributed by atoms with E-state index in [9.17, 15) is 14.8 Å². The first kappa shape index (κ1) is 9.60. The van der Waals surface area contributed by atoms with Gasteiger partial charge in [-0.25, -0.2) is 0 Å². The number of aliphatic hydroxyl groups is 1. The average Bonchev–Trinajstić information content (AvgIpc) is 2.16. The molecule has 70 valence electrons. The molecule has 13 heavy (non-hydrogen) atoms. The maximum absolute atomic E-state index is 10.8. The van der Waals surface area contributed by atoms with Crippen molar-refractivity contribution < 1.29 is 14.6 Å². The van der Waals surface area contributed by atoms with E-state index in [1.807, 2.05) is 0 Å². The lowest BCUT2D eigenvalue weighted by Gasteiger charge is -2.14. The molecule has 1 amide bonds. The van der Waals surface area contributed by atoms with E-state index in [2.05, 4.69) is 5.18 Å². The Morgan fingerprint density at radius 3 is 2.92 bits per heavy atom. The second-order valence-electron chi connectivity index (χ2n) is 2.58. The van der Waals surface area contributed by atoms with Crippen molar-refractivity contribution in [3.63, 3.8) is 0 Å². The molecule has 0 saturated heterocycles. The van der Waals surface area contributed by atoms with Gasteiger partial charge in [0.2, 0.25) is 0 Å². The maximum Gasteiger partial charge on any atom is 0.320 e. The van der Waals surface area contributed by atoms with Crippen molar-refractivity contribution in [1.29, 1.82) is 0 Å². The van der Waals surface area contributed by atoms with Gasteiger partial charge in [0, 0.05) is 12.3 Å². The summed E-state index contributed by atoms with van der Waals surface area (Å²) in [5, 5.41) is 11.5. The smallest absolute Gasteiger partial charge is 0.320 e. The summed E-state index contributed by atoms with van der Waals surface area (Å²) in [4.78, 5) is 20.7. The summed E-state index contributed by atoms with van der Waals surface area (Å²) in [5.41, 5.74) is -0.0525. The number of amides is 1. The summed E-state index contributed by atoms with van der Waals surface area (Å²) >= 11 is 0. The Labute approximate surface area is 74.7 Å². The van der Waals surface area contributed by atoms with Crippen LogP contribution in [0.1, 0.15) is 6.42 Å². The summed E-state index contributed by atoms with van der Waals surface area (Å²) in [6.07, 6.45) is 3.02. The number of carbonyl (C=O) groups is 1. The minimum Gasteiger partial charge on any atom is -0.507 e. The van der Waals surface area contributed by atoms with Crippen LogP contribution in [0, 0.1) is 4.91 Å². The normalized spacial score (nSPS) is 21.8. The predicted octanol–water partition coefficient (Wildman–Crippen LogP) is 1.07. The van der Waals surface area contributed by atoms with Gasteiger partial charge in [-0.3, -0.25) is 4.79 Å². The van der Waals surface area contributed by atoms with Crippen molar-refractivity contribution in [2.24, 2.45) is 5.18 Å². The minimum atomic E-state index is -0.955. The molecule has 1 N–H and O–H groups in total. The van der Waals surface area contributed by atoms with Crippen molar-refractivity contribution in [3.05, 3.63) is 28.4 Å². The average molecular weight is 183 g/mol. The molecule has 1 rings (SSSR count). The van der Waals surface area contributed by atoms with Crippen molar-refractivity contribution in [1.82, 2.24) is 0 Å². The Bertz CT molecular complexity index is 293. The molecule has 0 spiro atoms. The second kappa shape index (κ2) is 3.95. The third-order valence-corrected chi connectivity index (χ3v) is 1.79. The standard InChI is InChI=1S/C8H9NO4/c1-13-5-2-3-6(7(10)4-5)8(11)9-12/h3-5,10H,2H2,1H3. The van der Waals surface area contributed by atoms with Gasteiger partial charge in [0.05, 0.1) is 11.7 Å². The molecular formula is C8H9NO4. The number of nitrogens with zero attached hydrogens (tertiary/aromatic N) is 1. The highest BCUT2D eigenvalue weighted by atomic mass is 16.5. The third kappa shape index (κ3) is 2.00. The van der Waals surface area contributed by atoms with Gasteiger partial charge in [-0.1, -0.05) is 6.08 Å². The van der Waals surface area contributed by atoms with E-state index in [0.29, 0.717) is 6.42 Å². The molecule has 1 unspecified atom stereocenters. The van der Waals surface area contributed by atoms with Gasteiger partial charge >= 0.3 is 5.91 Å². The topological polar surface area (TPSA) is 76.0 Å². The zero-order valence-corrected chi connectivity index (χ0v) is 7.06. The van der Waals surface area contributed by atoms with Gasteiger partial charge in [-0.15, -0.1) is 4.91 Å². The van der Waals surface area contributed by atoms with Gasteiger partial charge < -0.3 is 9.84 Å². The number of rotatable bonds is 2. The SMILES string of the molecule is COC1C=C(O)C(C(=O)N=O)=CC1. The van der Waals surface area contributed by atoms with Crippen molar-refractivity contribution in [3.8, 4) is 0 Å². The van der Waals surface area contributed by atoms with Crippen LogP contribution in [0.25, 0.3) is 0 Å². The number of methoxy groups -OCH3 is 1. The molecule has 0 heterocycles. The van der Waals surface area contributed by atoms with E-state index in [1.165, 1.54) is 19.3 Å². The molecule has 0 saturated carbocycles. The van der Waals surface area contributed by atoms with E-state index < -0.39 is 5.91 Å². The molecule has 5 nitrogen and oxygen atoms in total. The molecule has 0 aromatic carbocycles. The fourth-order valence-corrected chi connectivity index (χ4v) is 1.08. The quantitative estimate of drug-likeness (QED) is 0.649. The molecule has 0 fully saturated rings. The highest BCUT2D eigenvalue weighted by Gasteiger charge is 2.20. The van der Waals surface area contributed by atoms with Crippen molar-refractivity contribution in [2.45, 2.75) is 12.5 Å². The maximum atomic E-state index is 10.8. The van der Waals surface area contributed by atoms with Crippen molar-refractivity contribution in [2.75, 3.05) is 7.11 Å². The summed E-state index contributed by atoms with van der Waals surface area (Å²) in [6, 6.07) is 0. The van der Waals surface area contributed by atoms with E-state index in [4.69, 9.17) is 4.74 Å². The van der Waals surface area contributed by atoms with Gasteiger partial charge in [-0.2, -0.15) is 0 Å². The Balaban J connectivity index is 2.82. The fraction of sp³-hybridized carbons (Fsp3) is 0.375. The van der Waals surface area contributed by atoms with Gasteiger partial charge in [0.25, 0.3) is 0 Å². The zero-order valence-electron chi connectivity index (χ0n) is 7.06. The Hall–Kier alpha value is -1.49. The first-order valence-corrected chi connectivity index (χ1v) is 3.71. The number of carbonyl (C=O) groups excluding carboxylic acids is 1. The molecule has 0 aliphatic heterocycles. The number of hydrogen-bond acceptors (Lipinski definition) is 4. The van der Waals surface area contributed by atoms with Crippen LogP contribution in [0.2, 0.25) is 0 Å². The number of nitroso groups, excluding NO2 is 1. The Kier molecular flexibility index (Phi) is 2.92. The Morgan fingerprint density at radius 2 is 2.46 bits per heavy atom. The highest BCUT2D eigenvalue weighted by molar-refractivity contribution is 5.97. The number of ether oxygens (including phenoxy) is 1. The van der Waals surface area contributed by atoms with Gasteiger partial charge in [0.15, 0.2) is 0 Å². The molecular weight excluding hydrogens is 174 g/mol. The predicted molar refractivity (Wildman–Crippen MR) is 45.0 cm³/mol. The fourth-order valence-electron chi connectivity index (χ4n) is 1.08. The lowest BCUT2D eigenvalue weighted by Crippen LogP contribution is -2.14. The van der Waals surface area contributed by atoms with Crippen LogP contribution in [-0.4, -0.2) is 24.2 Å². The third-order valence-electron chi connectivity index (χ3n) is 1.79. The van der Waals surface area contributed by atoms with Crippen molar-refractivity contribution >= 4 is 5.91 Å². The lowest BCUT2D eigenvalue weighted by atomic mass is 10.0. The monoisotopic (exact) mass is 183 g/mol. The van der Waals surface area contributed by atoms with Crippen LogP contribution in [0.5, 0.6) is 0 Å². The molecule has 0 bridgehead atoms. The summed E-state index contributed by atoms with van der Waals surface area (Å²) in [5.74, 6) is -1.20.